The van der Waals surface area contributed by atoms with E-state index >= 15 is 0 Å². The van der Waals surface area contributed by atoms with Gasteiger partial charge in [-0.15, -0.1) is 6.58 Å². The molecule has 1 rings (SSSR count). The van der Waals surface area contributed by atoms with E-state index in [9.17, 15) is 0 Å². The van der Waals surface area contributed by atoms with Crippen molar-refractivity contribution >= 4 is 0 Å². The molecule has 1 heterocycles. The van der Waals surface area contributed by atoms with Crippen molar-refractivity contribution in [2.75, 3.05) is 7.05 Å². The van der Waals surface area contributed by atoms with Gasteiger partial charge in [-0.25, -0.2) is 4.98 Å². The molecule has 0 aliphatic rings. The molecule has 13 heavy (non-hydrogen) atoms. The first kappa shape index (κ1) is 9.92. The zero-order chi connectivity index (χ0) is 9.52. The van der Waals surface area contributed by atoms with Crippen LogP contribution in [0.25, 0.3) is 0 Å². The quantitative estimate of drug-likeness (QED) is 0.514. The van der Waals surface area contributed by atoms with Crippen LogP contribution in [0.15, 0.2) is 19.0 Å². The summed E-state index contributed by atoms with van der Waals surface area (Å²) in [5.74, 6) is 0.909. The Bertz CT molecular complexity index is 230. The highest BCUT2D eigenvalue weighted by molar-refractivity contribution is 4.90. The zero-order valence-corrected chi connectivity index (χ0v) is 7.95. The van der Waals surface area contributed by atoms with Crippen LogP contribution in [-0.2, 0) is 0 Å². The number of nitrogens with zero attached hydrogens (tertiary/aromatic N) is 2. The van der Waals surface area contributed by atoms with Crippen molar-refractivity contribution in [3.63, 3.8) is 0 Å². The van der Waals surface area contributed by atoms with Gasteiger partial charge in [-0.3, -0.25) is 5.10 Å². The number of hydrogen-bond donors (Lipinski definition) is 2. The number of H-pyrrole nitrogens is 1. The maximum absolute atomic E-state index is 4.11. The Hall–Kier alpha value is -1.16. The molecule has 0 aromatic carbocycles. The SMILES string of the molecule is C=CCCCC(NC)c1ncn[nH]1. The van der Waals surface area contributed by atoms with Crippen LogP contribution in [0.4, 0.5) is 0 Å². The van der Waals surface area contributed by atoms with E-state index in [1.807, 2.05) is 13.1 Å². The fraction of sp³-hybridized carbons (Fsp3) is 0.556. The molecule has 1 aromatic heterocycles. The van der Waals surface area contributed by atoms with Crippen LogP contribution < -0.4 is 5.32 Å². The Morgan fingerprint density at radius 2 is 2.62 bits per heavy atom. The van der Waals surface area contributed by atoms with E-state index in [1.54, 1.807) is 0 Å². The van der Waals surface area contributed by atoms with Gasteiger partial charge in [-0.05, 0) is 26.3 Å². The van der Waals surface area contributed by atoms with E-state index in [0.29, 0.717) is 0 Å². The third kappa shape index (κ3) is 2.99. The van der Waals surface area contributed by atoms with Crippen LogP contribution in [0.1, 0.15) is 31.1 Å². The number of hydrogen-bond acceptors (Lipinski definition) is 3. The van der Waals surface area contributed by atoms with Gasteiger partial charge in [-0.1, -0.05) is 6.08 Å². The summed E-state index contributed by atoms with van der Waals surface area (Å²) in [5.41, 5.74) is 0. The summed E-state index contributed by atoms with van der Waals surface area (Å²) < 4.78 is 0. The second kappa shape index (κ2) is 5.48. The molecule has 1 atom stereocenters. The van der Waals surface area contributed by atoms with E-state index in [4.69, 9.17) is 0 Å². The van der Waals surface area contributed by atoms with E-state index in [-0.39, 0.29) is 6.04 Å². The van der Waals surface area contributed by atoms with Gasteiger partial charge in [0.05, 0.1) is 6.04 Å². The van der Waals surface area contributed by atoms with Crippen LogP contribution in [0.2, 0.25) is 0 Å². The number of nitrogens with one attached hydrogen (secondary N) is 2. The first-order chi connectivity index (χ1) is 6.38. The summed E-state index contributed by atoms with van der Waals surface area (Å²) in [6.07, 6.45) is 6.69. The number of aromatic amines is 1. The predicted molar refractivity (Wildman–Crippen MR) is 52.2 cm³/mol. The molecule has 0 saturated carbocycles. The van der Waals surface area contributed by atoms with Crippen molar-refractivity contribution in [1.82, 2.24) is 20.5 Å². The van der Waals surface area contributed by atoms with Gasteiger partial charge >= 0.3 is 0 Å². The summed E-state index contributed by atoms with van der Waals surface area (Å²) in [4.78, 5) is 4.11. The maximum atomic E-state index is 4.11. The second-order valence-corrected chi connectivity index (χ2v) is 2.93. The van der Waals surface area contributed by atoms with Crippen molar-refractivity contribution in [2.24, 2.45) is 0 Å². The lowest BCUT2D eigenvalue weighted by Gasteiger charge is -2.11. The normalized spacial score (nSPS) is 12.7. The molecule has 0 bridgehead atoms. The Morgan fingerprint density at radius 3 is 3.15 bits per heavy atom. The maximum Gasteiger partial charge on any atom is 0.141 e. The molecule has 72 valence electrons. The molecule has 0 spiro atoms. The van der Waals surface area contributed by atoms with Crippen LogP contribution >= 0.6 is 0 Å². The number of unbranched alkanes of at least 4 members (excludes halogenated alkanes) is 1. The minimum atomic E-state index is 0.280. The van der Waals surface area contributed by atoms with Gasteiger partial charge in [0, 0.05) is 0 Å². The van der Waals surface area contributed by atoms with Gasteiger partial charge in [0.25, 0.3) is 0 Å². The van der Waals surface area contributed by atoms with Gasteiger partial charge in [-0.2, -0.15) is 5.10 Å². The van der Waals surface area contributed by atoms with Crippen LogP contribution in [0.5, 0.6) is 0 Å². The monoisotopic (exact) mass is 180 g/mol. The van der Waals surface area contributed by atoms with Crippen molar-refractivity contribution in [1.29, 1.82) is 0 Å². The average Bonchev–Trinajstić information content (AvgIpc) is 2.65. The average molecular weight is 180 g/mol. The lowest BCUT2D eigenvalue weighted by atomic mass is 10.1. The van der Waals surface area contributed by atoms with E-state index in [1.165, 1.54) is 6.33 Å². The zero-order valence-electron chi connectivity index (χ0n) is 7.95. The first-order valence-electron chi connectivity index (χ1n) is 4.52. The first-order valence-corrected chi connectivity index (χ1v) is 4.52. The molecule has 4 heteroatoms. The summed E-state index contributed by atoms with van der Waals surface area (Å²) >= 11 is 0. The molecule has 0 aliphatic carbocycles. The van der Waals surface area contributed by atoms with Crippen LogP contribution in [0, 0.1) is 0 Å². The Morgan fingerprint density at radius 1 is 1.77 bits per heavy atom. The van der Waals surface area contributed by atoms with E-state index in [0.717, 1.165) is 25.1 Å². The van der Waals surface area contributed by atoms with Gasteiger partial charge < -0.3 is 5.32 Å². The molecule has 1 aromatic rings. The third-order valence-corrected chi connectivity index (χ3v) is 2.01. The fourth-order valence-electron chi connectivity index (χ4n) is 1.27. The topological polar surface area (TPSA) is 53.6 Å². The van der Waals surface area contributed by atoms with E-state index in [2.05, 4.69) is 27.1 Å². The van der Waals surface area contributed by atoms with Crippen LogP contribution in [0.3, 0.4) is 0 Å². The molecular formula is C9H16N4. The third-order valence-electron chi connectivity index (χ3n) is 2.01. The molecule has 0 amide bonds. The summed E-state index contributed by atoms with van der Waals surface area (Å²) in [6.45, 7) is 3.69. The van der Waals surface area contributed by atoms with Gasteiger partial charge in [0.2, 0.25) is 0 Å². The molecule has 0 saturated heterocycles. The Labute approximate surface area is 78.5 Å². The lowest BCUT2D eigenvalue weighted by Crippen LogP contribution is -2.17. The number of rotatable bonds is 6. The summed E-state index contributed by atoms with van der Waals surface area (Å²) in [7, 11) is 1.93. The highest BCUT2D eigenvalue weighted by atomic mass is 15.2. The minimum absolute atomic E-state index is 0.280. The molecule has 0 fully saturated rings. The molecule has 2 N–H and O–H groups in total. The molecule has 0 radical (unpaired) electrons. The predicted octanol–water partition coefficient (Wildman–Crippen LogP) is 1.42. The van der Waals surface area contributed by atoms with Crippen molar-refractivity contribution in [2.45, 2.75) is 25.3 Å². The highest BCUT2D eigenvalue weighted by Crippen LogP contribution is 2.14. The molecule has 4 nitrogen and oxygen atoms in total. The molecular weight excluding hydrogens is 164 g/mol. The van der Waals surface area contributed by atoms with Crippen molar-refractivity contribution in [3.8, 4) is 0 Å². The molecule has 1 unspecified atom stereocenters. The van der Waals surface area contributed by atoms with Crippen LogP contribution in [-0.4, -0.2) is 22.2 Å². The minimum Gasteiger partial charge on any atom is -0.310 e. The highest BCUT2D eigenvalue weighted by Gasteiger charge is 2.10. The van der Waals surface area contributed by atoms with Gasteiger partial charge in [0.15, 0.2) is 0 Å². The molecule has 0 aliphatic heterocycles. The Kier molecular flexibility index (Phi) is 4.18. The van der Waals surface area contributed by atoms with Crippen molar-refractivity contribution in [3.05, 3.63) is 24.8 Å². The summed E-state index contributed by atoms with van der Waals surface area (Å²) in [6, 6.07) is 0.280. The fourth-order valence-corrected chi connectivity index (χ4v) is 1.27. The van der Waals surface area contributed by atoms with Gasteiger partial charge in [0.1, 0.15) is 12.2 Å². The van der Waals surface area contributed by atoms with Crippen molar-refractivity contribution < 1.29 is 0 Å². The smallest absolute Gasteiger partial charge is 0.141 e. The number of aromatic nitrogens is 3. The standard InChI is InChI=1S/C9H16N4/c1-3-4-5-6-8(10-2)9-11-7-12-13-9/h3,7-8,10H,1,4-6H2,2H3,(H,11,12,13). The Balaban J connectivity index is 2.39. The number of allylic oxidation sites excluding steroid dienone is 1. The second-order valence-electron chi connectivity index (χ2n) is 2.93. The largest absolute Gasteiger partial charge is 0.310 e. The summed E-state index contributed by atoms with van der Waals surface area (Å²) in [5, 5.41) is 9.88. The lowest BCUT2D eigenvalue weighted by molar-refractivity contribution is 0.506. The van der Waals surface area contributed by atoms with E-state index < -0.39 is 0 Å².